The molecule has 0 radical (unpaired) electrons. The molecule has 0 aliphatic rings. The summed E-state index contributed by atoms with van der Waals surface area (Å²) in [6.45, 7) is 6.02. The molecule has 2 aromatic carbocycles. The third-order valence-corrected chi connectivity index (χ3v) is 6.57. The first-order chi connectivity index (χ1) is 19.4. The van der Waals surface area contributed by atoms with E-state index in [-0.39, 0.29) is 12.2 Å². The predicted molar refractivity (Wildman–Crippen MR) is 157 cm³/mol. The lowest BCUT2D eigenvalue weighted by Gasteiger charge is -2.23. The Morgan fingerprint density at radius 2 is 1.82 bits per heavy atom. The topological polar surface area (TPSA) is 118 Å². The highest BCUT2D eigenvalue weighted by Gasteiger charge is 2.16. The fourth-order valence-electron chi connectivity index (χ4n) is 4.68. The van der Waals surface area contributed by atoms with Crippen LogP contribution in [0.5, 0.6) is 5.75 Å². The van der Waals surface area contributed by atoms with E-state index in [0.29, 0.717) is 41.3 Å². The van der Waals surface area contributed by atoms with E-state index in [1.54, 1.807) is 35.0 Å². The number of benzene rings is 2. The van der Waals surface area contributed by atoms with Gasteiger partial charge in [0.25, 0.3) is 11.5 Å². The van der Waals surface area contributed by atoms with Crippen LogP contribution in [0.2, 0.25) is 0 Å². The van der Waals surface area contributed by atoms with Crippen molar-refractivity contribution in [1.29, 1.82) is 0 Å². The molecule has 4 rings (SSSR count). The number of aliphatic hydroxyl groups excluding tert-OH is 1. The smallest absolute Gasteiger partial charge is 0.274 e. The first-order valence-corrected chi connectivity index (χ1v) is 13.2. The Morgan fingerprint density at radius 3 is 2.48 bits per heavy atom. The van der Waals surface area contributed by atoms with Gasteiger partial charge in [0.2, 0.25) is 0 Å². The summed E-state index contributed by atoms with van der Waals surface area (Å²) >= 11 is 0. The number of nitrogens with one attached hydrogen (secondary N) is 2. The predicted octanol–water partition coefficient (Wildman–Crippen LogP) is 4.34. The van der Waals surface area contributed by atoms with Gasteiger partial charge in [-0.05, 0) is 67.4 Å². The van der Waals surface area contributed by atoms with Gasteiger partial charge in [0, 0.05) is 59.8 Å². The first-order valence-electron chi connectivity index (χ1n) is 13.2. The standard InChI is InChI=1S/C30H35N5O5/c1-5-11-34(12-13-36)24-9-7-23(8-10-24)32-28-18-27-22(19-31-28)17-26(30(38)35(27)6-2)20-14-21(29(37)33-40-4)16-25(15-20)39-3/h7-10,14-19,36H,5-6,11-13H2,1-4H3,(H,31,32)(H,33,37). The largest absolute Gasteiger partial charge is 0.497 e. The maximum atomic E-state index is 13.6. The van der Waals surface area contributed by atoms with Crippen LogP contribution in [0, 0.1) is 0 Å². The minimum atomic E-state index is -0.448. The number of aryl methyl sites for hydroxylation is 1. The van der Waals surface area contributed by atoms with Crippen LogP contribution < -0.4 is 26.0 Å². The van der Waals surface area contributed by atoms with Crippen LogP contribution in [0.1, 0.15) is 30.6 Å². The Bertz CT molecular complexity index is 1530. The molecule has 0 atom stereocenters. The van der Waals surface area contributed by atoms with Crippen LogP contribution in [0.25, 0.3) is 22.0 Å². The number of hydrogen-bond donors (Lipinski definition) is 3. The molecule has 0 spiro atoms. The van der Waals surface area contributed by atoms with Gasteiger partial charge in [0.1, 0.15) is 11.6 Å². The number of carbonyl (C=O) groups excluding carboxylic acids is 1. The van der Waals surface area contributed by atoms with Gasteiger partial charge < -0.3 is 24.6 Å². The third kappa shape index (κ3) is 6.24. The van der Waals surface area contributed by atoms with Gasteiger partial charge in [-0.25, -0.2) is 10.5 Å². The molecule has 4 aromatic rings. The second kappa shape index (κ2) is 13.1. The SMILES string of the molecule is CCCN(CCO)c1ccc(Nc2cc3c(cn2)cc(-c2cc(OC)cc(C(=O)NOC)c2)c(=O)n3CC)cc1. The molecule has 10 heteroatoms. The Labute approximate surface area is 233 Å². The summed E-state index contributed by atoms with van der Waals surface area (Å²) in [5.41, 5.74) is 6.03. The average Bonchev–Trinajstić information content (AvgIpc) is 2.97. The molecule has 1 amide bonds. The molecular formula is C30H35N5O5. The summed E-state index contributed by atoms with van der Waals surface area (Å²) in [6.07, 6.45) is 2.72. The van der Waals surface area contributed by atoms with Crippen molar-refractivity contribution in [2.45, 2.75) is 26.8 Å². The molecule has 10 nitrogen and oxygen atoms in total. The first kappa shape index (κ1) is 28.6. The summed E-state index contributed by atoms with van der Waals surface area (Å²) in [7, 11) is 2.86. The van der Waals surface area contributed by atoms with E-state index < -0.39 is 5.91 Å². The second-order valence-corrected chi connectivity index (χ2v) is 9.20. The van der Waals surface area contributed by atoms with Crippen LogP contribution in [-0.4, -0.2) is 54.5 Å². The Hall–Kier alpha value is -4.41. The number of carbonyl (C=O) groups is 1. The fourth-order valence-corrected chi connectivity index (χ4v) is 4.68. The number of pyridine rings is 2. The number of amides is 1. The number of methoxy groups -OCH3 is 1. The van der Waals surface area contributed by atoms with Crippen LogP contribution in [0.15, 0.2) is 65.6 Å². The summed E-state index contributed by atoms with van der Waals surface area (Å²) in [4.78, 5) is 37.5. The van der Waals surface area contributed by atoms with Gasteiger partial charge in [0.15, 0.2) is 0 Å². The molecule has 0 fully saturated rings. The van der Waals surface area contributed by atoms with Gasteiger partial charge in [-0.3, -0.25) is 14.4 Å². The van der Waals surface area contributed by atoms with Crippen molar-refractivity contribution >= 4 is 34.0 Å². The molecule has 210 valence electrons. The molecular weight excluding hydrogens is 510 g/mol. The molecule has 0 unspecified atom stereocenters. The lowest BCUT2D eigenvalue weighted by molar-refractivity contribution is 0.0537. The zero-order chi connectivity index (χ0) is 28.6. The van der Waals surface area contributed by atoms with Crippen molar-refractivity contribution in [2.24, 2.45) is 0 Å². The third-order valence-electron chi connectivity index (χ3n) is 6.57. The molecule has 0 aliphatic heterocycles. The quantitative estimate of drug-likeness (QED) is 0.225. The number of hydrogen-bond acceptors (Lipinski definition) is 8. The lowest BCUT2D eigenvalue weighted by Crippen LogP contribution is -2.27. The summed E-state index contributed by atoms with van der Waals surface area (Å²) in [6, 6.07) is 16.5. The van der Waals surface area contributed by atoms with Gasteiger partial charge in [-0.15, -0.1) is 0 Å². The Morgan fingerprint density at radius 1 is 1.05 bits per heavy atom. The zero-order valence-corrected chi connectivity index (χ0v) is 23.2. The van der Waals surface area contributed by atoms with Crippen molar-refractivity contribution in [2.75, 3.05) is 44.1 Å². The van der Waals surface area contributed by atoms with Gasteiger partial charge >= 0.3 is 0 Å². The maximum Gasteiger partial charge on any atom is 0.274 e. The van der Waals surface area contributed by atoms with E-state index in [4.69, 9.17) is 9.57 Å². The summed E-state index contributed by atoms with van der Waals surface area (Å²) in [5, 5.41) is 13.5. The molecule has 0 saturated carbocycles. The van der Waals surface area contributed by atoms with Crippen LogP contribution in [-0.2, 0) is 11.4 Å². The Balaban J connectivity index is 1.69. The van der Waals surface area contributed by atoms with Gasteiger partial charge in [-0.1, -0.05) is 6.92 Å². The van der Waals surface area contributed by atoms with Gasteiger partial charge in [0.05, 0.1) is 26.3 Å². The number of anilines is 3. The minimum Gasteiger partial charge on any atom is -0.497 e. The van der Waals surface area contributed by atoms with E-state index in [0.717, 1.165) is 35.2 Å². The van der Waals surface area contributed by atoms with E-state index >= 15 is 0 Å². The fraction of sp³-hybridized carbons (Fsp3) is 0.300. The molecule has 0 aliphatic carbocycles. The molecule has 0 bridgehead atoms. The molecule has 0 saturated heterocycles. The number of hydroxylamine groups is 1. The van der Waals surface area contributed by atoms with E-state index in [2.05, 4.69) is 27.6 Å². The van der Waals surface area contributed by atoms with Crippen molar-refractivity contribution in [3.63, 3.8) is 0 Å². The Kier molecular flexibility index (Phi) is 9.36. The maximum absolute atomic E-state index is 13.6. The monoisotopic (exact) mass is 545 g/mol. The highest BCUT2D eigenvalue weighted by molar-refractivity contribution is 5.96. The van der Waals surface area contributed by atoms with Crippen molar-refractivity contribution in [3.05, 3.63) is 76.7 Å². The average molecular weight is 546 g/mol. The highest BCUT2D eigenvalue weighted by Crippen LogP contribution is 2.28. The molecule has 2 aromatic heterocycles. The number of fused-ring (bicyclic) bond motifs is 1. The van der Waals surface area contributed by atoms with Crippen LogP contribution in [0.3, 0.4) is 0 Å². The minimum absolute atomic E-state index is 0.101. The summed E-state index contributed by atoms with van der Waals surface area (Å²) < 4.78 is 7.07. The lowest BCUT2D eigenvalue weighted by atomic mass is 10.0. The van der Waals surface area contributed by atoms with Gasteiger partial charge in [-0.2, -0.15) is 0 Å². The number of nitrogens with zero attached hydrogens (tertiary/aromatic N) is 3. The molecule has 2 heterocycles. The van der Waals surface area contributed by atoms with Crippen molar-refractivity contribution < 1.29 is 19.5 Å². The number of ether oxygens (including phenoxy) is 1. The highest BCUT2D eigenvalue weighted by atomic mass is 16.6. The van der Waals surface area contributed by atoms with E-state index in [9.17, 15) is 14.7 Å². The number of aromatic nitrogens is 2. The number of rotatable bonds is 12. The number of aliphatic hydroxyl groups is 1. The van der Waals surface area contributed by atoms with E-state index in [1.807, 2.05) is 37.3 Å². The second-order valence-electron chi connectivity index (χ2n) is 9.20. The summed E-state index contributed by atoms with van der Waals surface area (Å²) in [5.74, 6) is 0.602. The van der Waals surface area contributed by atoms with Crippen LogP contribution in [0.4, 0.5) is 17.2 Å². The van der Waals surface area contributed by atoms with E-state index in [1.165, 1.54) is 14.2 Å². The van der Waals surface area contributed by atoms with Crippen LogP contribution >= 0.6 is 0 Å². The molecule has 3 N–H and O–H groups in total. The zero-order valence-electron chi connectivity index (χ0n) is 23.2. The molecule has 40 heavy (non-hydrogen) atoms. The normalized spacial score (nSPS) is 10.9. The van der Waals surface area contributed by atoms with Crippen molar-refractivity contribution in [3.8, 4) is 16.9 Å². The van der Waals surface area contributed by atoms with Crippen molar-refractivity contribution in [1.82, 2.24) is 15.0 Å².